The minimum absolute atomic E-state index is 0.172. The van der Waals surface area contributed by atoms with Crippen LogP contribution in [0.5, 0.6) is 11.5 Å². The Morgan fingerprint density at radius 1 is 1.09 bits per heavy atom. The average Bonchev–Trinajstić information content (AvgIpc) is 2.56. The molecule has 1 N–H and O–H groups in total. The predicted molar refractivity (Wildman–Crippen MR) is 82.7 cm³/mol. The quantitative estimate of drug-likeness (QED) is 0.881. The maximum Gasteiger partial charge on any atom is 0.265 e. The summed E-state index contributed by atoms with van der Waals surface area (Å²) in [6.07, 6.45) is -0.335. The molecule has 0 aliphatic rings. The molecule has 0 aromatic heterocycles. The molecule has 2 aromatic rings. The SMILES string of the molecule is CC[C@@H](Oc1ccc(OC)cc1)C(=O)Nc1ccc(F)c(F)c1. The minimum Gasteiger partial charge on any atom is -0.497 e. The van der Waals surface area contributed by atoms with Gasteiger partial charge in [-0.25, -0.2) is 8.78 Å². The fourth-order valence-corrected chi connectivity index (χ4v) is 1.94. The summed E-state index contributed by atoms with van der Waals surface area (Å²) in [4.78, 5) is 12.2. The van der Waals surface area contributed by atoms with Crippen molar-refractivity contribution in [3.05, 3.63) is 54.1 Å². The zero-order valence-corrected chi connectivity index (χ0v) is 12.8. The van der Waals surface area contributed by atoms with Gasteiger partial charge in [0.25, 0.3) is 5.91 Å². The third kappa shape index (κ3) is 4.42. The second kappa shape index (κ2) is 7.58. The molecule has 0 radical (unpaired) electrons. The van der Waals surface area contributed by atoms with Crippen LogP contribution < -0.4 is 14.8 Å². The highest BCUT2D eigenvalue weighted by Crippen LogP contribution is 2.20. The van der Waals surface area contributed by atoms with Crippen LogP contribution in [-0.2, 0) is 4.79 Å². The molecule has 0 saturated heterocycles. The molecule has 122 valence electrons. The number of halogens is 2. The van der Waals surface area contributed by atoms with E-state index < -0.39 is 23.6 Å². The molecule has 2 rings (SSSR count). The summed E-state index contributed by atoms with van der Waals surface area (Å²) in [5.41, 5.74) is 0.172. The normalized spacial score (nSPS) is 11.7. The summed E-state index contributed by atoms with van der Waals surface area (Å²) >= 11 is 0. The molecule has 2 aromatic carbocycles. The Bertz CT molecular complexity index is 674. The van der Waals surface area contributed by atoms with E-state index in [4.69, 9.17) is 9.47 Å². The third-order valence-corrected chi connectivity index (χ3v) is 3.19. The lowest BCUT2D eigenvalue weighted by atomic mass is 10.2. The van der Waals surface area contributed by atoms with Crippen molar-refractivity contribution in [3.63, 3.8) is 0 Å². The van der Waals surface area contributed by atoms with Gasteiger partial charge in [-0.3, -0.25) is 4.79 Å². The van der Waals surface area contributed by atoms with Crippen molar-refractivity contribution >= 4 is 11.6 Å². The van der Waals surface area contributed by atoms with Crippen LogP contribution in [0.15, 0.2) is 42.5 Å². The van der Waals surface area contributed by atoms with E-state index in [1.54, 1.807) is 38.3 Å². The minimum atomic E-state index is -1.02. The Balaban J connectivity index is 2.03. The zero-order valence-electron chi connectivity index (χ0n) is 12.8. The number of nitrogens with one attached hydrogen (secondary N) is 1. The fourth-order valence-electron chi connectivity index (χ4n) is 1.94. The largest absolute Gasteiger partial charge is 0.497 e. The smallest absolute Gasteiger partial charge is 0.265 e. The van der Waals surface area contributed by atoms with Gasteiger partial charge >= 0.3 is 0 Å². The lowest BCUT2D eigenvalue weighted by molar-refractivity contribution is -0.122. The monoisotopic (exact) mass is 321 g/mol. The molecule has 0 bridgehead atoms. The average molecular weight is 321 g/mol. The molecule has 1 amide bonds. The Hall–Kier alpha value is -2.63. The molecule has 4 nitrogen and oxygen atoms in total. The maximum atomic E-state index is 13.2. The van der Waals surface area contributed by atoms with Crippen LogP contribution in [0.3, 0.4) is 0 Å². The first-order valence-corrected chi connectivity index (χ1v) is 7.10. The lowest BCUT2D eigenvalue weighted by Gasteiger charge is -2.17. The zero-order chi connectivity index (χ0) is 16.8. The molecule has 0 aliphatic carbocycles. The topological polar surface area (TPSA) is 47.6 Å². The van der Waals surface area contributed by atoms with Gasteiger partial charge in [-0.15, -0.1) is 0 Å². The first-order chi connectivity index (χ1) is 11.0. The molecule has 6 heteroatoms. The van der Waals surface area contributed by atoms with E-state index in [2.05, 4.69) is 5.32 Å². The number of carbonyl (C=O) groups excluding carboxylic acids is 1. The van der Waals surface area contributed by atoms with E-state index in [9.17, 15) is 13.6 Å². The van der Waals surface area contributed by atoms with Crippen molar-refractivity contribution in [3.8, 4) is 11.5 Å². The van der Waals surface area contributed by atoms with E-state index in [1.807, 2.05) is 0 Å². The second-order valence-corrected chi connectivity index (χ2v) is 4.81. The highest BCUT2D eigenvalue weighted by molar-refractivity contribution is 5.94. The molecular formula is C17H17F2NO3. The summed E-state index contributed by atoms with van der Waals surface area (Å²) in [6, 6.07) is 9.98. The predicted octanol–water partition coefficient (Wildman–Crippen LogP) is 3.77. The standard InChI is InChI=1S/C17H17F2NO3/c1-3-16(23-13-7-5-12(22-2)6-8-13)17(21)20-11-4-9-14(18)15(19)10-11/h4-10,16H,3H2,1-2H3,(H,20,21)/t16-/m1/s1. The number of ether oxygens (including phenoxy) is 2. The summed E-state index contributed by atoms with van der Waals surface area (Å²) in [7, 11) is 1.56. The van der Waals surface area contributed by atoms with Crippen LogP contribution in [-0.4, -0.2) is 19.1 Å². The van der Waals surface area contributed by atoms with Gasteiger partial charge < -0.3 is 14.8 Å². The van der Waals surface area contributed by atoms with Gasteiger partial charge in [0.05, 0.1) is 7.11 Å². The van der Waals surface area contributed by atoms with Crippen LogP contribution >= 0.6 is 0 Å². The van der Waals surface area contributed by atoms with E-state index in [1.165, 1.54) is 6.07 Å². The molecule has 0 saturated carbocycles. The van der Waals surface area contributed by atoms with Crippen LogP contribution in [0.1, 0.15) is 13.3 Å². The van der Waals surface area contributed by atoms with Gasteiger partial charge in [-0.2, -0.15) is 0 Å². The number of methoxy groups -OCH3 is 1. The molecule has 0 heterocycles. The van der Waals surface area contributed by atoms with E-state index in [-0.39, 0.29) is 5.69 Å². The van der Waals surface area contributed by atoms with Crippen molar-refractivity contribution < 1.29 is 23.0 Å². The van der Waals surface area contributed by atoms with Gasteiger partial charge in [0.1, 0.15) is 11.5 Å². The highest BCUT2D eigenvalue weighted by Gasteiger charge is 2.19. The third-order valence-electron chi connectivity index (χ3n) is 3.19. The molecule has 0 spiro atoms. The van der Waals surface area contributed by atoms with Gasteiger partial charge in [0.15, 0.2) is 17.7 Å². The molecular weight excluding hydrogens is 304 g/mol. The van der Waals surface area contributed by atoms with Crippen LogP contribution in [0.25, 0.3) is 0 Å². The number of amides is 1. The number of carbonyl (C=O) groups is 1. The number of anilines is 1. The van der Waals surface area contributed by atoms with Crippen LogP contribution in [0, 0.1) is 11.6 Å². The number of hydrogen-bond acceptors (Lipinski definition) is 3. The van der Waals surface area contributed by atoms with Crippen molar-refractivity contribution in [1.29, 1.82) is 0 Å². The van der Waals surface area contributed by atoms with E-state index in [0.29, 0.717) is 17.9 Å². The Morgan fingerprint density at radius 2 is 1.74 bits per heavy atom. The van der Waals surface area contributed by atoms with Crippen molar-refractivity contribution in [1.82, 2.24) is 0 Å². The van der Waals surface area contributed by atoms with Gasteiger partial charge in [0.2, 0.25) is 0 Å². The molecule has 23 heavy (non-hydrogen) atoms. The van der Waals surface area contributed by atoms with Gasteiger partial charge in [-0.1, -0.05) is 6.92 Å². The summed E-state index contributed by atoms with van der Waals surface area (Å²) < 4.78 is 36.7. The first-order valence-electron chi connectivity index (χ1n) is 7.10. The second-order valence-electron chi connectivity index (χ2n) is 4.81. The molecule has 1 atom stereocenters. The number of hydrogen-bond donors (Lipinski definition) is 1. The fraction of sp³-hybridized carbons (Fsp3) is 0.235. The Labute approximate surface area is 133 Å². The van der Waals surface area contributed by atoms with E-state index >= 15 is 0 Å². The molecule has 0 aliphatic heterocycles. The van der Waals surface area contributed by atoms with Crippen molar-refractivity contribution in [2.75, 3.05) is 12.4 Å². The van der Waals surface area contributed by atoms with Crippen molar-refractivity contribution in [2.24, 2.45) is 0 Å². The maximum absolute atomic E-state index is 13.2. The number of rotatable bonds is 6. The summed E-state index contributed by atoms with van der Waals surface area (Å²) in [5, 5.41) is 2.51. The summed E-state index contributed by atoms with van der Waals surface area (Å²) in [5.74, 6) is -1.24. The number of benzene rings is 2. The first kappa shape index (κ1) is 16.7. The Kier molecular flexibility index (Phi) is 5.51. The highest BCUT2D eigenvalue weighted by atomic mass is 19.2. The van der Waals surface area contributed by atoms with Crippen LogP contribution in [0.4, 0.5) is 14.5 Å². The van der Waals surface area contributed by atoms with Crippen LogP contribution in [0.2, 0.25) is 0 Å². The Morgan fingerprint density at radius 3 is 2.30 bits per heavy atom. The van der Waals surface area contributed by atoms with Crippen molar-refractivity contribution in [2.45, 2.75) is 19.4 Å². The summed E-state index contributed by atoms with van der Waals surface area (Å²) in [6.45, 7) is 1.79. The van der Waals surface area contributed by atoms with E-state index in [0.717, 1.165) is 12.1 Å². The molecule has 0 fully saturated rings. The lowest BCUT2D eigenvalue weighted by Crippen LogP contribution is -2.32. The molecule has 0 unspecified atom stereocenters. The van der Waals surface area contributed by atoms with Gasteiger partial charge in [0, 0.05) is 11.8 Å². The van der Waals surface area contributed by atoms with Gasteiger partial charge in [-0.05, 0) is 42.8 Å².